The molecule has 0 bridgehead atoms. The van der Waals surface area contributed by atoms with Crippen molar-refractivity contribution in [1.29, 1.82) is 0 Å². The van der Waals surface area contributed by atoms with Crippen LogP contribution >= 0.6 is 0 Å². The molecular weight excluding hydrogens is 257 g/mol. The molecule has 110 valence electrons. The molecule has 1 aliphatic heterocycles. The minimum Gasteiger partial charge on any atom is -0.366 e. The van der Waals surface area contributed by atoms with E-state index in [-0.39, 0.29) is 11.7 Å². The number of carbonyl (C=O) groups excluding carboxylic acids is 1. The number of hydrogen-bond donors (Lipinski definition) is 1. The fourth-order valence-corrected chi connectivity index (χ4v) is 2.54. The molecule has 0 aromatic heterocycles. The third-order valence-electron chi connectivity index (χ3n) is 3.70. The smallest absolute Gasteiger partial charge is 0.239 e. The molecule has 0 unspecified atom stereocenters. The summed E-state index contributed by atoms with van der Waals surface area (Å²) >= 11 is 0. The van der Waals surface area contributed by atoms with E-state index in [4.69, 9.17) is 5.73 Å². The summed E-state index contributed by atoms with van der Waals surface area (Å²) in [5, 5.41) is 0. The lowest BCUT2D eigenvalue weighted by atomic mass is 10.1. The highest BCUT2D eigenvalue weighted by molar-refractivity contribution is 5.81. The van der Waals surface area contributed by atoms with E-state index in [1.54, 1.807) is 17.0 Å². The average molecular weight is 279 g/mol. The van der Waals surface area contributed by atoms with Gasteiger partial charge >= 0.3 is 0 Å². The van der Waals surface area contributed by atoms with E-state index >= 15 is 0 Å². The Labute approximate surface area is 119 Å². The van der Waals surface area contributed by atoms with Crippen LogP contribution in [0.15, 0.2) is 24.3 Å². The Morgan fingerprint density at radius 3 is 2.55 bits per heavy atom. The van der Waals surface area contributed by atoms with Gasteiger partial charge in [0, 0.05) is 26.2 Å². The third-order valence-corrected chi connectivity index (χ3v) is 3.70. The lowest BCUT2D eigenvalue weighted by Crippen LogP contribution is -2.53. The van der Waals surface area contributed by atoms with E-state index in [0.717, 1.165) is 6.42 Å². The molecule has 1 fully saturated rings. The number of carbonyl (C=O) groups is 1. The van der Waals surface area contributed by atoms with Crippen LogP contribution in [0.2, 0.25) is 0 Å². The molecule has 0 aliphatic carbocycles. The summed E-state index contributed by atoms with van der Waals surface area (Å²) in [7, 11) is 0. The predicted octanol–water partition coefficient (Wildman–Crippen LogP) is 1.60. The highest BCUT2D eigenvalue weighted by atomic mass is 19.1. The number of benzene rings is 1. The number of amides is 1. The van der Waals surface area contributed by atoms with Crippen LogP contribution in [0.3, 0.4) is 0 Å². The van der Waals surface area contributed by atoms with Crippen molar-refractivity contribution in [3.05, 3.63) is 30.1 Å². The van der Waals surface area contributed by atoms with Crippen molar-refractivity contribution in [3.63, 3.8) is 0 Å². The Morgan fingerprint density at radius 1 is 1.30 bits per heavy atom. The van der Waals surface area contributed by atoms with Crippen molar-refractivity contribution in [3.8, 4) is 0 Å². The van der Waals surface area contributed by atoms with Crippen molar-refractivity contribution >= 4 is 11.6 Å². The zero-order valence-corrected chi connectivity index (χ0v) is 11.9. The van der Waals surface area contributed by atoms with Crippen LogP contribution < -0.4 is 10.6 Å². The summed E-state index contributed by atoms with van der Waals surface area (Å²) in [5.74, 6) is -0.199. The molecule has 4 nitrogen and oxygen atoms in total. The van der Waals surface area contributed by atoms with Gasteiger partial charge in [-0.2, -0.15) is 0 Å². The summed E-state index contributed by atoms with van der Waals surface area (Å²) in [6.07, 6.45) is 1.62. The van der Waals surface area contributed by atoms with E-state index in [2.05, 4.69) is 0 Å². The molecule has 1 saturated heterocycles. The van der Waals surface area contributed by atoms with E-state index in [1.807, 2.05) is 17.9 Å². The average Bonchev–Trinajstić information content (AvgIpc) is 2.47. The van der Waals surface area contributed by atoms with Crippen LogP contribution in [0, 0.1) is 5.82 Å². The van der Waals surface area contributed by atoms with Crippen molar-refractivity contribution < 1.29 is 9.18 Å². The Morgan fingerprint density at radius 2 is 1.95 bits per heavy atom. The number of hydrogen-bond acceptors (Lipinski definition) is 3. The van der Waals surface area contributed by atoms with Gasteiger partial charge in [-0.25, -0.2) is 4.39 Å². The summed E-state index contributed by atoms with van der Waals surface area (Å²) in [5.41, 5.74) is 6.47. The quantitative estimate of drug-likeness (QED) is 0.911. The molecule has 1 heterocycles. The van der Waals surface area contributed by atoms with Crippen LogP contribution in [0.5, 0.6) is 0 Å². The molecule has 1 atom stereocenters. The number of anilines is 1. The largest absolute Gasteiger partial charge is 0.366 e. The van der Waals surface area contributed by atoms with Gasteiger partial charge in [-0.05, 0) is 18.6 Å². The Hall–Kier alpha value is -1.62. The molecular formula is C15H22FN3O. The minimum atomic E-state index is -0.403. The topological polar surface area (TPSA) is 49.6 Å². The second-order valence-corrected chi connectivity index (χ2v) is 5.16. The molecule has 1 aromatic rings. The van der Waals surface area contributed by atoms with E-state index in [9.17, 15) is 9.18 Å². The van der Waals surface area contributed by atoms with Gasteiger partial charge in [-0.15, -0.1) is 0 Å². The molecule has 1 aliphatic rings. The first-order valence-corrected chi connectivity index (χ1v) is 7.17. The van der Waals surface area contributed by atoms with Gasteiger partial charge in [0.1, 0.15) is 5.82 Å². The second-order valence-electron chi connectivity index (χ2n) is 5.16. The fraction of sp³-hybridized carbons (Fsp3) is 0.533. The van der Waals surface area contributed by atoms with Crippen molar-refractivity contribution in [2.24, 2.45) is 5.73 Å². The first kappa shape index (κ1) is 14.8. The molecule has 0 saturated carbocycles. The van der Waals surface area contributed by atoms with Crippen LogP contribution in [-0.4, -0.2) is 43.0 Å². The standard InChI is InChI=1S/C15H22FN3O/c1-2-5-13(17)15(20)19-10-8-18(9-11-19)14-7-4-3-6-12(14)16/h3-4,6-7,13H,2,5,8-11,17H2,1H3/t13-/m0/s1. The number of rotatable bonds is 4. The minimum absolute atomic E-state index is 0.0139. The maximum Gasteiger partial charge on any atom is 0.239 e. The monoisotopic (exact) mass is 279 g/mol. The van der Waals surface area contributed by atoms with Crippen molar-refractivity contribution in [2.45, 2.75) is 25.8 Å². The lowest BCUT2D eigenvalue weighted by Gasteiger charge is -2.37. The second kappa shape index (κ2) is 6.70. The van der Waals surface area contributed by atoms with E-state index < -0.39 is 6.04 Å². The third kappa shape index (κ3) is 3.28. The zero-order chi connectivity index (χ0) is 14.5. The van der Waals surface area contributed by atoms with E-state index in [0.29, 0.717) is 38.3 Å². The molecule has 0 spiro atoms. The number of nitrogens with two attached hydrogens (primary N) is 1. The first-order valence-electron chi connectivity index (χ1n) is 7.17. The number of halogens is 1. The molecule has 5 heteroatoms. The normalized spacial score (nSPS) is 17.1. The van der Waals surface area contributed by atoms with Crippen LogP contribution in [0.25, 0.3) is 0 Å². The van der Waals surface area contributed by atoms with Gasteiger partial charge < -0.3 is 15.5 Å². The van der Waals surface area contributed by atoms with Crippen LogP contribution in [0.1, 0.15) is 19.8 Å². The number of para-hydroxylation sites is 1. The van der Waals surface area contributed by atoms with Crippen molar-refractivity contribution in [1.82, 2.24) is 4.90 Å². The van der Waals surface area contributed by atoms with Gasteiger partial charge in [0.15, 0.2) is 0 Å². The Bertz CT molecular complexity index is 458. The van der Waals surface area contributed by atoms with Crippen molar-refractivity contribution in [2.75, 3.05) is 31.1 Å². The molecule has 1 aromatic carbocycles. The molecule has 1 amide bonds. The SMILES string of the molecule is CCC[C@H](N)C(=O)N1CCN(c2ccccc2F)CC1. The first-order chi connectivity index (χ1) is 9.63. The molecule has 0 radical (unpaired) electrons. The van der Waals surface area contributed by atoms with E-state index in [1.165, 1.54) is 6.07 Å². The number of nitrogens with zero attached hydrogens (tertiary/aromatic N) is 2. The Kier molecular flexibility index (Phi) is 4.95. The van der Waals surface area contributed by atoms with Gasteiger partial charge in [0.25, 0.3) is 0 Å². The summed E-state index contributed by atoms with van der Waals surface area (Å²) < 4.78 is 13.7. The maximum atomic E-state index is 13.7. The van der Waals surface area contributed by atoms with Gasteiger partial charge in [0.05, 0.1) is 11.7 Å². The number of piperazine rings is 1. The molecule has 2 N–H and O–H groups in total. The highest BCUT2D eigenvalue weighted by Crippen LogP contribution is 2.20. The summed E-state index contributed by atoms with van der Waals surface area (Å²) in [4.78, 5) is 15.9. The Balaban J connectivity index is 1.93. The maximum absolute atomic E-state index is 13.7. The predicted molar refractivity (Wildman–Crippen MR) is 78.1 cm³/mol. The van der Waals surface area contributed by atoms with Gasteiger partial charge in [-0.3, -0.25) is 4.79 Å². The van der Waals surface area contributed by atoms with Crippen LogP contribution in [0.4, 0.5) is 10.1 Å². The highest BCUT2D eigenvalue weighted by Gasteiger charge is 2.25. The lowest BCUT2D eigenvalue weighted by molar-refractivity contribution is -0.133. The summed E-state index contributed by atoms with van der Waals surface area (Å²) in [6.45, 7) is 4.51. The zero-order valence-electron chi connectivity index (χ0n) is 11.9. The van der Waals surface area contributed by atoms with Crippen LogP contribution in [-0.2, 0) is 4.79 Å². The molecule has 20 heavy (non-hydrogen) atoms. The van der Waals surface area contributed by atoms with Gasteiger partial charge in [-0.1, -0.05) is 25.5 Å². The molecule has 2 rings (SSSR count). The van der Waals surface area contributed by atoms with Gasteiger partial charge in [0.2, 0.25) is 5.91 Å². The fourth-order valence-electron chi connectivity index (χ4n) is 2.54. The summed E-state index contributed by atoms with van der Waals surface area (Å²) in [6, 6.07) is 6.34.